The van der Waals surface area contributed by atoms with Gasteiger partial charge in [-0.1, -0.05) is 6.07 Å². The molecule has 0 aliphatic carbocycles. The maximum atomic E-state index is 10.9. The Morgan fingerprint density at radius 1 is 1.58 bits per heavy atom. The number of rotatable bonds is 2. The Bertz CT molecular complexity index is 266. The molecule has 1 aromatic rings. The fraction of sp³-hybridized carbons (Fsp3) is 0.333. The fourth-order valence-electron chi connectivity index (χ4n) is 0.877. The predicted octanol–water partition coefficient (Wildman–Crippen LogP) is 0.679. The molecule has 3 nitrogen and oxygen atoms in total. The summed E-state index contributed by atoms with van der Waals surface area (Å²) < 4.78 is 0. The summed E-state index contributed by atoms with van der Waals surface area (Å²) in [4.78, 5) is 15.0. The van der Waals surface area contributed by atoms with E-state index >= 15 is 0 Å². The zero-order valence-corrected chi connectivity index (χ0v) is 7.29. The van der Waals surface area contributed by atoms with Crippen molar-refractivity contribution >= 4 is 5.91 Å². The highest BCUT2D eigenvalue weighted by atomic mass is 16.1. The Labute approximate surface area is 71.8 Å². The van der Waals surface area contributed by atoms with Gasteiger partial charge in [0.15, 0.2) is 0 Å². The monoisotopic (exact) mass is 164 g/mol. The van der Waals surface area contributed by atoms with E-state index in [2.05, 4.69) is 10.3 Å². The first-order valence-electron chi connectivity index (χ1n) is 3.84. The lowest BCUT2D eigenvalue weighted by molar-refractivity contribution is -0.119. The summed E-state index contributed by atoms with van der Waals surface area (Å²) in [7, 11) is 1.63. The Balaban J connectivity index is 2.64. The maximum absolute atomic E-state index is 10.9. The number of carbonyl (C=O) groups excluding carboxylic acids is 1. The van der Waals surface area contributed by atoms with Crippen molar-refractivity contribution < 1.29 is 4.79 Å². The number of pyridine rings is 1. The molecule has 0 bridgehead atoms. The number of amides is 1. The van der Waals surface area contributed by atoms with Crippen LogP contribution in [0.4, 0.5) is 0 Å². The fourth-order valence-corrected chi connectivity index (χ4v) is 0.877. The third-order valence-electron chi connectivity index (χ3n) is 1.62. The molecule has 0 spiro atoms. The highest BCUT2D eigenvalue weighted by Crippen LogP contribution is 1.99. The van der Waals surface area contributed by atoms with E-state index < -0.39 is 0 Å². The Kier molecular flexibility index (Phi) is 2.80. The van der Waals surface area contributed by atoms with Gasteiger partial charge in [0.2, 0.25) is 5.91 Å². The number of hydrogen-bond donors (Lipinski definition) is 1. The predicted molar refractivity (Wildman–Crippen MR) is 46.7 cm³/mol. The van der Waals surface area contributed by atoms with Crippen LogP contribution in [0, 0.1) is 6.92 Å². The van der Waals surface area contributed by atoms with Gasteiger partial charge in [-0.15, -0.1) is 0 Å². The molecule has 0 saturated carbocycles. The maximum Gasteiger partial charge on any atom is 0.224 e. The van der Waals surface area contributed by atoms with Crippen LogP contribution < -0.4 is 5.32 Å². The number of aromatic nitrogens is 1. The molecule has 1 amide bonds. The molecular weight excluding hydrogens is 152 g/mol. The summed E-state index contributed by atoms with van der Waals surface area (Å²) in [6, 6.07) is 3.82. The molecule has 0 fully saturated rings. The number of aryl methyl sites for hydroxylation is 1. The van der Waals surface area contributed by atoms with Crippen LogP contribution in [0.3, 0.4) is 0 Å². The average Bonchev–Trinajstić information content (AvgIpc) is 2.09. The van der Waals surface area contributed by atoms with Gasteiger partial charge in [-0.25, -0.2) is 0 Å². The lowest BCUT2D eigenvalue weighted by Gasteiger charge is -1.99. The normalized spacial score (nSPS) is 9.50. The van der Waals surface area contributed by atoms with Crippen molar-refractivity contribution in [1.29, 1.82) is 0 Å². The molecule has 1 heterocycles. The molecule has 0 aliphatic heterocycles. The first kappa shape index (κ1) is 8.71. The minimum Gasteiger partial charge on any atom is -0.359 e. The summed E-state index contributed by atoms with van der Waals surface area (Å²) in [6.45, 7) is 1.92. The van der Waals surface area contributed by atoms with Gasteiger partial charge in [0.25, 0.3) is 0 Å². The van der Waals surface area contributed by atoms with Gasteiger partial charge in [-0.05, 0) is 18.6 Å². The molecule has 0 saturated heterocycles. The second-order valence-electron chi connectivity index (χ2n) is 2.66. The quantitative estimate of drug-likeness (QED) is 0.698. The van der Waals surface area contributed by atoms with Crippen molar-refractivity contribution in [3.8, 4) is 0 Å². The van der Waals surface area contributed by atoms with Crippen LogP contribution in [0.25, 0.3) is 0 Å². The first-order chi connectivity index (χ1) is 5.72. The van der Waals surface area contributed by atoms with Crippen molar-refractivity contribution in [2.24, 2.45) is 0 Å². The van der Waals surface area contributed by atoms with Crippen LogP contribution >= 0.6 is 0 Å². The van der Waals surface area contributed by atoms with Crippen LogP contribution in [-0.2, 0) is 11.2 Å². The van der Waals surface area contributed by atoms with Crippen molar-refractivity contribution in [1.82, 2.24) is 10.3 Å². The van der Waals surface area contributed by atoms with Gasteiger partial charge >= 0.3 is 0 Å². The second-order valence-corrected chi connectivity index (χ2v) is 2.66. The highest BCUT2D eigenvalue weighted by molar-refractivity contribution is 5.78. The van der Waals surface area contributed by atoms with E-state index in [1.165, 1.54) is 0 Å². The zero-order valence-electron chi connectivity index (χ0n) is 7.29. The molecule has 1 N–H and O–H groups in total. The van der Waals surface area contributed by atoms with E-state index in [0.29, 0.717) is 6.42 Å². The summed E-state index contributed by atoms with van der Waals surface area (Å²) in [6.07, 6.45) is 2.13. The van der Waals surface area contributed by atoms with Crippen molar-refractivity contribution in [3.63, 3.8) is 0 Å². The molecule has 0 aliphatic rings. The number of nitrogens with one attached hydrogen (secondary N) is 1. The minimum absolute atomic E-state index is 0.0145. The molecule has 12 heavy (non-hydrogen) atoms. The molecule has 0 unspecified atom stereocenters. The number of nitrogens with zero attached hydrogens (tertiary/aromatic N) is 1. The minimum atomic E-state index is 0.0145. The van der Waals surface area contributed by atoms with E-state index in [1.54, 1.807) is 13.2 Å². The topological polar surface area (TPSA) is 42.0 Å². The lowest BCUT2D eigenvalue weighted by atomic mass is 10.2. The largest absolute Gasteiger partial charge is 0.359 e. The Morgan fingerprint density at radius 3 is 2.83 bits per heavy atom. The van der Waals surface area contributed by atoms with Gasteiger partial charge in [0, 0.05) is 18.9 Å². The molecular formula is C9H12N2O. The standard InChI is InChI=1S/C9H12N2O/c1-7-3-4-8(6-11-7)5-9(12)10-2/h3-4,6H,5H2,1-2H3,(H,10,12). The summed E-state index contributed by atoms with van der Waals surface area (Å²) in [5.41, 5.74) is 1.91. The molecule has 64 valence electrons. The van der Waals surface area contributed by atoms with Crippen molar-refractivity contribution in [2.75, 3.05) is 7.05 Å². The first-order valence-corrected chi connectivity index (χ1v) is 3.84. The van der Waals surface area contributed by atoms with E-state index in [9.17, 15) is 4.79 Å². The SMILES string of the molecule is CNC(=O)Cc1ccc(C)nc1. The van der Waals surface area contributed by atoms with E-state index in [1.807, 2.05) is 19.1 Å². The lowest BCUT2D eigenvalue weighted by Crippen LogP contribution is -2.19. The van der Waals surface area contributed by atoms with Gasteiger partial charge in [0.05, 0.1) is 6.42 Å². The van der Waals surface area contributed by atoms with E-state index in [-0.39, 0.29) is 5.91 Å². The Hall–Kier alpha value is -1.38. The van der Waals surface area contributed by atoms with Gasteiger partial charge in [-0.3, -0.25) is 9.78 Å². The summed E-state index contributed by atoms with van der Waals surface area (Å²) >= 11 is 0. The van der Waals surface area contributed by atoms with Crippen LogP contribution in [0.2, 0.25) is 0 Å². The molecule has 1 aromatic heterocycles. The van der Waals surface area contributed by atoms with Crippen molar-refractivity contribution in [3.05, 3.63) is 29.6 Å². The second kappa shape index (κ2) is 3.85. The molecule has 1 rings (SSSR count). The van der Waals surface area contributed by atoms with Crippen LogP contribution in [0.15, 0.2) is 18.3 Å². The summed E-state index contributed by atoms with van der Waals surface area (Å²) in [5.74, 6) is 0.0145. The third-order valence-corrected chi connectivity index (χ3v) is 1.62. The number of carbonyl (C=O) groups is 1. The van der Waals surface area contributed by atoms with Crippen molar-refractivity contribution in [2.45, 2.75) is 13.3 Å². The molecule has 0 radical (unpaired) electrons. The van der Waals surface area contributed by atoms with Crippen LogP contribution in [0.5, 0.6) is 0 Å². The van der Waals surface area contributed by atoms with Gasteiger partial charge in [-0.2, -0.15) is 0 Å². The molecule has 0 aromatic carbocycles. The van der Waals surface area contributed by atoms with Crippen LogP contribution in [-0.4, -0.2) is 17.9 Å². The third kappa shape index (κ3) is 2.34. The zero-order chi connectivity index (χ0) is 8.97. The van der Waals surface area contributed by atoms with E-state index in [4.69, 9.17) is 0 Å². The number of likely N-dealkylation sites (N-methyl/N-ethyl adjacent to an activating group) is 1. The van der Waals surface area contributed by atoms with Gasteiger partial charge in [0.1, 0.15) is 0 Å². The average molecular weight is 164 g/mol. The molecule has 0 atom stereocenters. The number of hydrogen-bond acceptors (Lipinski definition) is 2. The highest BCUT2D eigenvalue weighted by Gasteiger charge is 1.99. The van der Waals surface area contributed by atoms with Gasteiger partial charge < -0.3 is 5.32 Å². The molecule has 3 heteroatoms. The van der Waals surface area contributed by atoms with Crippen LogP contribution in [0.1, 0.15) is 11.3 Å². The summed E-state index contributed by atoms with van der Waals surface area (Å²) in [5, 5.41) is 2.56. The smallest absolute Gasteiger partial charge is 0.224 e. The Morgan fingerprint density at radius 2 is 2.33 bits per heavy atom. The van der Waals surface area contributed by atoms with E-state index in [0.717, 1.165) is 11.3 Å².